The van der Waals surface area contributed by atoms with Crippen LogP contribution >= 0.6 is 15.9 Å². The van der Waals surface area contributed by atoms with Gasteiger partial charge < -0.3 is 0 Å². The van der Waals surface area contributed by atoms with Crippen molar-refractivity contribution in [3.63, 3.8) is 0 Å². The van der Waals surface area contributed by atoms with Crippen LogP contribution in [0.5, 0.6) is 0 Å². The fourth-order valence-corrected chi connectivity index (χ4v) is 3.11. The van der Waals surface area contributed by atoms with Gasteiger partial charge in [-0.1, -0.05) is 40.2 Å². The van der Waals surface area contributed by atoms with Crippen molar-refractivity contribution in [1.29, 1.82) is 0 Å². The average molecular weight is 355 g/mol. The summed E-state index contributed by atoms with van der Waals surface area (Å²) in [6.45, 7) is 0.284. The van der Waals surface area contributed by atoms with E-state index in [0.717, 1.165) is 15.7 Å². The normalized spacial score (nSPS) is 11.4. The Hall–Kier alpha value is -1.24. The van der Waals surface area contributed by atoms with E-state index < -0.39 is 10.0 Å². The van der Waals surface area contributed by atoms with Gasteiger partial charge in [-0.3, -0.25) is 4.98 Å². The minimum absolute atomic E-state index is 0.0362. The van der Waals surface area contributed by atoms with E-state index in [4.69, 9.17) is 0 Å². The zero-order valence-electron chi connectivity index (χ0n) is 10.8. The highest BCUT2D eigenvalue weighted by Crippen LogP contribution is 2.15. The van der Waals surface area contributed by atoms with Gasteiger partial charge in [0.05, 0.1) is 5.75 Å². The van der Waals surface area contributed by atoms with Crippen LogP contribution in [-0.2, 0) is 23.0 Å². The van der Waals surface area contributed by atoms with Crippen molar-refractivity contribution in [2.75, 3.05) is 5.75 Å². The number of nitrogens with one attached hydrogen (secondary N) is 1. The summed E-state index contributed by atoms with van der Waals surface area (Å²) < 4.78 is 27.4. The molecule has 4 nitrogen and oxygen atoms in total. The molecule has 2 rings (SSSR count). The van der Waals surface area contributed by atoms with Crippen LogP contribution in [0.25, 0.3) is 0 Å². The van der Waals surface area contributed by atoms with Crippen LogP contribution in [0.1, 0.15) is 11.3 Å². The summed E-state index contributed by atoms with van der Waals surface area (Å²) in [4.78, 5) is 4.11. The molecular formula is C14H15BrN2O2S. The Kier molecular flexibility index (Phi) is 5.28. The number of aromatic nitrogens is 1. The van der Waals surface area contributed by atoms with Crippen LogP contribution in [0.15, 0.2) is 53.1 Å². The first-order chi connectivity index (χ1) is 9.57. The van der Waals surface area contributed by atoms with E-state index in [2.05, 4.69) is 25.6 Å². The molecule has 6 heteroatoms. The third-order valence-corrected chi connectivity index (χ3v) is 4.89. The number of hydrogen-bond acceptors (Lipinski definition) is 3. The molecule has 0 amide bonds. The molecule has 0 fully saturated rings. The number of nitrogens with zero attached hydrogens (tertiary/aromatic N) is 1. The first kappa shape index (κ1) is 15.2. The topological polar surface area (TPSA) is 59.1 Å². The lowest BCUT2D eigenvalue weighted by Crippen LogP contribution is -2.27. The minimum atomic E-state index is -3.31. The van der Waals surface area contributed by atoms with Gasteiger partial charge in [0.25, 0.3) is 0 Å². The molecule has 20 heavy (non-hydrogen) atoms. The minimum Gasteiger partial charge on any atom is -0.261 e. The second kappa shape index (κ2) is 6.97. The van der Waals surface area contributed by atoms with Gasteiger partial charge in [-0.05, 0) is 23.8 Å². The summed E-state index contributed by atoms with van der Waals surface area (Å²) in [6, 6.07) is 13.0. The van der Waals surface area contributed by atoms with Crippen molar-refractivity contribution < 1.29 is 8.42 Å². The van der Waals surface area contributed by atoms with E-state index in [1.54, 1.807) is 6.20 Å². The maximum absolute atomic E-state index is 11.9. The smallest absolute Gasteiger partial charge is 0.212 e. The molecule has 0 atom stereocenters. The molecule has 1 aromatic heterocycles. The number of sulfonamides is 1. The van der Waals surface area contributed by atoms with Crippen molar-refractivity contribution in [3.8, 4) is 0 Å². The average Bonchev–Trinajstić information content (AvgIpc) is 2.46. The Balaban J connectivity index is 1.90. The molecule has 0 aliphatic rings. The SMILES string of the molecule is O=S(=O)(CCc1ccccn1)NCc1ccccc1Br. The van der Waals surface area contributed by atoms with Gasteiger partial charge in [-0.15, -0.1) is 0 Å². The molecule has 1 heterocycles. The van der Waals surface area contributed by atoms with Crippen LogP contribution in [0.3, 0.4) is 0 Å². The van der Waals surface area contributed by atoms with Crippen molar-refractivity contribution in [1.82, 2.24) is 9.71 Å². The first-order valence-corrected chi connectivity index (χ1v) is 8.62. The Morgan fingerprint density at radius 2 is 1.85 bits per heavy atom. The summed E-state index contributed by atoms with van der Waals surface area (Å²) in [7, 11) is -3.31. The monoisotopic (exact) mass is 354 g/mol. The maximum atomic E-state index is 11.9. The van der Waals surface area contributed by atoms with Crippen molar-refractivity contribution in [2.24, 2.45) is 0 Å². The molecule has 0 aliphatic heterocycles. The van der Waals surface area contributed by atoms with Crippen LogP contribution in [0.4, 0.5) is 0 Å². The zero-order valence-corrected chi connectivity index (χ0v) is 13.2. The number of hydrogen-bond donors (Lipinski definition) is 1. The predicted molar refractivity (Wildman–Crippen MR) is 82.7 cm³/mol. The molecule has 0 radical (unpaired) electrons. The Morgan fingerprint density at radius 3 is 2.55 bits per heavy atom. The van der Waals surface area contributed by atoms with Gasteiger partial charge in [-0.2, -0.15) is 0 Å². The fourth-order valence-electron chi connectivity index (χ4n) is 1.69. The number of aryl methyl sites for hydroxylation is 1. The Labute approximate surface area is 127 Å². The maximum Gasteiger partial charge on any atom is 0.212 e. The molecule has 0 saturated carbocycles. The molecule has 1 N–H and O–H groups in total. The van der Waals surface area contributed by atoms with E-state index in [-0.39, 0.29) is 12.3 Å². The predicted octanol–water partition coefficient (Wildman–Crippen LogP) is 2.51. The lowest BCUT2D eigenvalue weighted by Gasteiger charge is -2.08. The molecule has 0 saturated heterocycles. The Bertz CT molecular complexity index is 660. The van der Waals surface area contributed by atoms with E-state index in [1.807, 2.05) is 42.5 Å². The number of rotatable bonds is 6. The van der Waals surface area contributed by atoms with Crippen LogP contribution in [0.2, 0.25) is 0 Å². The highest BCUT2D eigenvalue weighted by atomic mass is 79.9. The summed E-state index contributed by atoms with van der Waals surface area (Å²) in [5.41, 5.74) is 1.69. The highest BCUT2D eigenvalue weighted by Gasteiger charge is 2.11. The standard InChI is InChI=1S/C14H15BrN2O2S/c15-14-7-2-1-5-12(14)11-17-20(18,19)10-8-13-6-3-4-9-16-13/h1-7,9,17H,8,10-11H2. The lowest BCUT2D eigenvalue weighted by atomic mass is 10.2. The quantitative estimate of drug-likeness (QED) is 0.866. The molecule has 0 spiro atoms. The van der Waals surface area contributed by atoms with Crippen LogP contribution in [0, 0.1) is 0 Å². The van der Waals surface area contributed by atoms with Gasteiger partial charge in [0.2, 0.25) is 10.0 Å². The second-order valence-corrected chi connectivity index (χ2v) is 7.08. The number of benzene rings is 1. The largest absolute Gasteiger partial charge is 0.261 e. The van der Waals surface area contributed by atoms with Crippen LogP contribution < -0.4 is 4.72 Å². The van der Waals surface area contributed by atoms with E-state index in [0.29, 0.717) is 6.42 Å². The van der Waals surface area contributed by atoms with Crippen molar-refractivity contribution in [2.45, 2.75) is 13.0 Å². The molecular weight excluding hydrogens is 340 g/mol. The summed E-state index contributed by atoms with van der Waals surface area (Å²) in [5.74, 6) is 0.0362. The first-order valence-electron chi connectivity index (χ1n) is 6.17. The summed E-state index contributed by atoms with van der Waals surface area (Å²) in [6.07, 6.45) is 2.07. The van der Waals surface area contributed by atoms with Crippen molar-refractivity contribution >= 4 is 26.0 Å². The van der Waals surface area contributed by atoms with Gasteiger partial charge in [0, 0.05) is 29.3 Å². The molecule has 0 bridgehead atoms. The number of pyridine rings is 1. The zero-order chi connectivity index (χ0) is 14.4. The molecule has 106 valence electrons. The van der Waals surface area contributed by atoms with Gasteiger partial charge in [0.1, 0.15) is 0 Å². The summed E-state index contributed by atoms with van der Waals surface area (Å²) >= 11 is 3.39. The molecule has 0 aliphatic carbocycles. The van der Waals surface area contributed by atoms with Gasteiger partial charge in [0.15, 0.2) is 0 Å². The van der Waals surface area contributed by atoms with E-state index in [9.17, 15) is 8.42 Å². The van der Waals surface area contributed by atoms with Crippen molar-refractivity contribution in [3.05, 3.63) is 64.4 Å². The Morgan fingerprint density at radius 1 is 1.10 bits per heavy atom. The number of halogens is 1. The third-order valence-electron chi connectivity index (χ3n) is 2.79. The molecule has 1 aromatic carbocycles. The summed E-state index contributed by atoms with van der Waals surface area (Å²) in [5, 5.41) is 0. The molecule has 2 aromatic rings. The molecule has 0 unspecified atom stereocenters. The van der Waals surface area contributed by atoms with E-state index in [1.165, 1.54) is 0 Å². The lowest BCUT2D eigenvalue weighted by molar-refractivity contribution is 0.580. The highest BCUT2D eigenvalue weighted by molar-refractivity contribution is 9.10. The van der Waals surface area contributed by atoms with Crippen LogP contribution in [-0.4, -0.2) is 19.2 Å². The second-order valence-electron chi connectivity index (χ2n) is 4.30. The third kappa shape index (κ3) is 4.70. The fraction of sp³-hybridized carbons (Fsp3) is 0.214. The van der Waals surface area contributed by atoms with Gasteiger partial charge in [-0.25, -0.2) is 13.1 Å². The van der Waals surface area contributed by atoms with Gasteiger partial charge >= 0.3 is 0 Å². The van der Waals surface area contributed by atoms with E-state index >= 15 is 0 Å².